The molecule has 0 aliphatic carbocycles. The maximum absolute atomic E-state index is 11.9. The lowest BCUT2D eigenvalue weighted by atomic mass is 9.84. The predicted octanol–water partition coefficient (Wildman–Crippen LogP) is 6.54. The highest BCUT2D eigenvalue weighted by atomic mass is 16.5. The molecule has 2 heterocycles. The van der Waals surface area contributed by atoms with E-state index in [1.807, 2.05) is 70.5 Å². The number of rotatable bonds is 6. The fraction of sp³-hybridized carbons (Fsp3) is 0.200. The fourth-order valence-corrected chi connectivity index (χ4v) is 6.17. The van der Waals surface area contributed by atoms with E-state index in [0.29, 0.717) is 37.7 Å². The van der Waals surface area contributed by atoms with Crippen LogP contribution in [-0.4, -0.2) is 46.6 Å². The Morgan fingerprint density at radius 3 is 1.38 bits per heavy atom. The summed E-state index contributed by atoms with van der Waals surface area (Å²) in [4.78, 5) is 50.3. The lowest BCUT2D eigenvalue weighted by molar-refractivity contribution is -0.130. The van der Waals surface area contributed by atoms with E-state index in [-0.39, 0.29) is 23.7 Å². The number of amides is 2. The van der Waals surface area contributed by atoms with Gasteiger partial charge in [0.15, 0.2) is 0 Å². The van der Waals surface area contributed by atoms with Crippen LogP contribution in [0.15, 0.2) is 122 Å². The average molecular weight is 643 g/mol. The SMILES string of the molecule is C=CC(=O)Oc1cccc([C@@H]2CN(C(C)=O)Cc3ccccc32)c1.C=CC(=O)Oc1cccc([C@H]2CN(C(C)=O)Cc3ccccc32)c1. The van der Waals surface area contributed by atoms with Crippen LogP contribution in [0, 0.1) is 0 Å². The molecule has 0 unspecified atom stereocenters. The minimum atomic E-state index is -0.485. The molecule has 0 saturated carbocycles. The quantitative estimate of drug-likeness (QED) is 0.135. The number of hydrogen-bond acceptors (Lipinski definition) is 6. The minimum absolute atomic E-state index is 0.0567. The summed E-state index contributed by atoms with van der Waals surface area (Å²) in [5.41, 5.74) is 6.75. The van der Waals surface area contributed by atoms with Gasteiger partial charge < -0.3 is 19.3 Å². The van der Waals surface area contributed by atoms with Gasteiger partial charge in [0.25, 0.3) is 0 Å². The van der Waals surface area contributed by atoms with E-state index in [2.05, 4.69) is 37.4 Å². The molecule has 0 saturated heterocycles. The van der Waals surface area contributed by atoms with Crippen LogP contribution in [0.25, 0.3) is 0 Å². The molecule has 4 aromatic carbocycles. The van der Waals surface area contributed by atoms with E-state index in [0.717, 1.165) is 34.4 Å². The maximum atomic E-state index is 11.9. The van der Waals surface area contributed by atoms with E-state index in [9.17, 15) is 19.2 Å². The molecule has 2 atom stereocenters. The number of hydrogen-bond donors (Lipinski definition) is 0. The van der Waals surface area contributed by atoms with Crippen molar-refractivity contribution < 1.29 is 28.7 Å². The van der Waals surface area contributed by atoms with Crippen LogP contribution in [0.4, 0.5) is 0 Å². The van der Waals surface area contributed by atoms with Crippen molar-refractivity contribution in [1.82, 2.24) is 9.80 Å². The van der Waals surface area contributed by atoms with Crippen molar-refractivity contribution in [2.45, 2.75) is 38.8 Å². The first-order valence-corrected chi connectivity index (χ1v) is 15.7. The molecule has 4 aromatic rings. The molecule has 0 spiro atoms. The van der Waals surface area contributed by atoms with Crippen LogP contribution in [-0.2, 0) is 32.3 Å². The number of fused-ring (bicyclic) bond motifs is 2. The van der Waals surface area contributed by atoms with Gasteiger partial charge in [-0.3, -0.25) is 9.59 Å². The van der Waals surface area contributed by atoms with Crippen molar-refractivity contribution in [1.29, 1.82) is 0 Å². The molecule has 2 amide bonds. The highest BCUT2D eigenvalue weighted by Crippen LogP contribution is 2.36. The second-order valence-electron chi connectivity index (χ2n) is 11.7. The molecule has 0 bridgehead atoms. The van der Waals surface area contributed by atoms with Crippen molar-refractivity contribution in [3.63, 3.8) is 0 Å². The fourth-order valence-electron chi connectivity index (χ4n) is 6.17. The van der Waals surface area contributed by atoms with E-state index < -0.39 is 11.9 Å². The average Bonchev–Trinajstić information content (AvgIpc) is 3.11. The van der Waals surface area contributed by atoms with Gasteiger partial charge in [-0.15, -0.1) is 0 Å². The molecule has 8 nitrogen and oxygen atoms in total. The Morgan fingerprint density at radius 1 is 0.604 bits per heavy atom. The van der Waals surface area contributed by atoms with E-state index in [1.165, 1.54) is 11.1 Å². The number of carbonyl (C=O) groups is 4. The Hall–Kier alpha value is -5.76. The number of nitrogens with zero attached hydrogens (tertiary/aromatic N) is 2. The zero-order valence-corrected chi connectivity index (χ0v) is 27.1. The van der Waals surface area contributed by atoms with Gasteiger partial charge in [0.05, 0.1) is 0 Å². The van der Waals surface area contributed by atoms with Gasteiger partial charge in [-0.1, -0.05) is 86.0 Å². The third-order valence-corrected chi connectivity index (χ3v) is 8.57. The van der Waals surface area contributed by atoms with Gasteiger partial charge >= 0.3 is 11.9 Å². The molecule has 0 aromatic heterocycles. The lowest BCUT2D eigenvalue weighted by Crippen LogP contribution is -2.37. The monoisotopic (exact) mass is 642 g/mol. The van der Waals surface area contributed by atoms with Crippen molar-refractivity contribution in [3.8, 4) is 11.5 Å². The number of benzene rings is 4. The summed E-state index contributed by atoms with van der Waals surface area (Å²) in [5.74, 6) is 0.225. The standard InChI is InChI=1S/2C20H19NO3/c2*1-3-20(23)24-17-9-6-8-15(11-17)19-13-21(14(2)22)12-16-7-4-5-10-18(16)19/h2*3-11,19H,1,12-13H2,2H3/t2*19-/m10/s1. The van der Waals surface area contributed by atoms with Crippen LogP contribution >= 0.6 is 0 Å². The molecule has 0 N–H and O–H groups in total. The highest BCUT2D eigenvalue weighted by Gasteiger charge is 2.29. The van der Waals surface area contributed by atoms with Gasteiger partial charge in [0.2, 0.25) is 11.8 Å². The number of ether oxygens (including phenoxy) is 2. The smallest absolute Gasteiger partial charge is 0.335 e. The van der Waals surface area contributed by atoms with E-state index in [4.69, 9.17) is 9.47 Å². The first-order valence-electron chi connectivity index (χ1n) is 15.7. The Morgan fingerprint density at radius 2 is 1.00 bits per heavy atom. The summed E-state index contributed by atoms with van der Waals surface area (Å²) in [7, 11) is 0. The molecule has 244 valence electrons. The third-order valence-electron chi connectivity index (χ3n) is 8.57. The highest BCUT2D eigenvalue weighted by molar-refractivity contribution is 5.84. The topological polar surface area (TPSA) is 93.2 Å². The van der Waals surface area contributed by atoms with Gasteiger partial charge in [0, 0.05) is 64.0 Å². The van der Waals surface area contributed by atoms with Crippen LogP contribution in [0.1, 0.15) is 59.1 Å². The lowest BCUT2D eigenvalue weighted by Gasteiger charge is -2.34. The second-order valence-corrected chi connectivity index (χ2v) is 11.7. The Bertz CT molecular complexity index is 1730. The van der Waals surface area contributed by atoms with Gasteiger partial charge in [0.1, 0.15) is 11.5 Å². The van der Waals surface area contributed by atoms with Crippen molar-refractivity contribution in [2.24, 2.45) is 0 Å². The van der Waals surface area contributed by atoms with Gasteiger partial charge in [-0.2, -0.15) is 0 Å². The first kappa shape index (κ1) is 33.6. The van der Waals surface area contributed by atoms with Gasteiger partial charge in [-0.05, 0) is 57.6 Å². The van der Waals surface area contributed by atoms with Crippen LogP contribution in [0.2, 0.25) is 0 Å². The third kappa shape index (κ3) is 7.96. The summed E-state index contributed by atoms with van der Waals surface area (Å²) in [6.45, 7) is 12.5. The molecule has 8 heteroatoms. The van der Waals surface area contributed by atoms with Crippen molar-refractivity contribution >= 4 is 23.8 Å². The minimum Gasteiger partial charge on any atom is -0.423 e. The zero-order chi connectivity index (χ0) is 34.2. The Balaban J connectivity index is 0.000000188. The molecule has 2 aliphatic heterocycles. The van der Waals surface area contributed by atoms with Crippen LogP contribution in [0.5, 0.6) is 11.5 Å². The summed E-state index contributed by atoms with van der Waals surface area (Å²) >= 11 is 0. The molecular formula is C40H38N2O6. The molecule has 48 heavy (non-hydrogen) atoms. The second kappa shape index (κ2) is 15.2. The van der Waals surface area contributed by atoms with E-state index >= 15 is 0 Å². The van der Waals surface area contributed by atoms with Crippen molar-refractivity contribution in [2.75, 3.05) is 13.1 Å². The van der Waals surface area contributed by atoms with Gasteiger partial charge in [-0.25, -0.2) is 9.59 Å². The predicted molar refractivity (Wildman–Crippen MR) is 183 cm³/mol. The van der Waals surface area contributed by atoms with E-state index in [1.54, 1.807) is 26.0 Å². The number of esters is 2. The first-order chi connectivity index (χ1) is 23.2. The maximum Gasteiger partial charge on any atom is 0.335 e. The van der Waals surface area contributed by atoms with Crippen molar-refractivity contribution in [3.05, 3.63) is 156 Å². The summed E-state index contributed by atoms with van der Waals surface area (Å²) in [6.07, 6.45) is 2.28. The molecule has 0 radical (unpaired) electrons. The summed E-state index contributed by atoms with van der Waals surface area (Å²) in [6, 6.07) is 31.2. The number of carbonyl (C=O) groups excluding carboxylic acids is 4. The molecule has 6 rings (SSSR count). The van der Waals surface area contributed by atoms with Crippen LogP contribution < -0.4 is 9.47 Å². The molecule has 2 aliphatic rings. The largest absolute Gasteiger partial charge is 0.423 e. The van der Waals surface area contributed by atoms with Crippen LogP contribution in [0.3, 0.4) is 0 Å². The normalized spacial score (nSPS) is 16.2. The zero-order valence-electron chi connectivity index (χ0n) is 27.1. The Kier molecular flexibility index (Phi) is 10.7. The summed E-state index contributed by atoms with van der Waals surface area (Å²) < 4.78 is 10.4. The summed E-state index contributed by atoms with van der Waals surface area (Å²) in [5, 5.41) is 0. The molecule has 0 fully saturated rings. The molecular weight excluding hydrogens is 604 g/mol. The Labute approximate surface area is 280 Å².